The molecular formula is C10H14N2O3. The minimum Gasteiger partial charge on any atom is -0.504 e. The summed E-state index contributed by atoms with van der Waals surface area (Å²) in [5, 5.41) is 9.73. The van der Waals surface area contributed by atoms with E-state index in [0.717, 1.165) is 0 Å². The Labute approximate surface area is 88.1 Å². The van der Waals surface area contributed by atoms with Gasteiger partial charge in [0.25, 0.3) is 0 Å². The van der Waals surface area contributed by atoms with Crippen LogP contribution < -0.4 is 0 Å². The maximum Gasteiger partial charge on any atom is 0.360 e. The predicted molar refractivity (Wildman–Crippen MR) is 53.7 cm³/mol. The third-order valence-corrected chi connectivity index (χ3v) is 1.87. The topological polar surface area (TPSA) is 72.3 Å². The standard InChI is InChI=1S/C10H14N2O3/c1-4-15-10(14)8-9(13)7(6(2)3)11-5-12-8/h5-6,13H,4H2,1-3H3. The van der Waals surface area contributed by atoms with E-state index in [4.69, 9.17) is 4.74 Å². The Kier molecular flexibility index (Phi) is 3.60. The zero-order valence-corrected chi connectivity index (χ0v) is 9.02. The molecule has 0 spiro atoms. The molecule has 0 saturated carbocycles. The molecule has 0 aliphatic rings. The van der Waals surface area contributed by atoms with E-state index in [1.807, 2.05) is 13.8 Å². The lowest BCUT2D eigenvalue weighted by molar-refractivity contribution is 0.0515. The summed E-state index contributed by atoms with van der Waals surface area (Å²) in [5.41, 5.74) is 0.378. The summed E-state index contributed by atoms with van der Waals surface area (Å²) in [5.74, 6) is -0.786. The van der Waals surface area contributed by atoms with E-state index in [0.29, 0.717) is 5.69 Å². The number of carbonyl (C=O) groups is 1. The largest absolute Gasteiger partial charge is 0.504 e. The maximum atomic E-state index is 11.4. The number of ether oxygens (including phenoxy) is 1. The van der Waals surface area contributed by atoms with Crippen molar-refractivity contribution in [1.29, 1.82) is 0 Å². The second kappa shape index (κ2) is 4.72. The number of esters is 1. The van der Waals surface area contributed by atoms with E-state index < -0.39 is 5.97 Å². The molecule has 1 aromatic rings. The van der Waals surface area contributed by atoms with Gasteiger partial charge in [0.1, 0.15) is 6.33 Å². The molecular weight excluding hydrogens is 196 g/mol. The van der Waals surface area contributed by atoms with Crippen LogP contribution in [0.25, 0.3) is 0 Å². The van der Waals surface area contributed by atoms with Crippen LogP contribution in [0.15, 0.2) is 6.33 Å². The zero-order chi connectivity index (χ0) is 11.4. The molecule has 0 saturated heterocycles. The van der Waals surface area contributed by atoms with Crippen molar-refractivity contribution in [3.05, 3.63) is 17.7 Å². The smallest absolute Gasteiger partial charge is 0.360 e. The lowest BCUT2D eigenvalue weighted by Crippen LogP contribution is -2.09. The highest BCUT2D eigenvalue weighted by molar-refractivity contribution is 5.90. The fraction of sp³-hybridized carbons (Fsp3) is 0.500. The first-order chi connectivity index (χ1) is 7.07. The summed E-state index contributed by atoms with van der Waals surface area (Å²) in [6.07, 6.45) is 1.25. The second-order valence-electron chi connectivity index (χ2n) is 3.33. The third kappa shape index (κ3) is 2.43. The number of carbonyl (C=O) groups excluding carboxylic acids is 1. The van der Waals surface area contributed by atoms with Gasteiger partial charge in [-0.15, -0.1) is 0 Å². The molecule has 1 rings (SSSR count). The highest BCUT2D eigenvalue weighted by atomic mass is 16.5. The van der Waals surface area contributed by atoms with Gasteiger partial charge >= 0.3 is 5.97 Å². The normalized spacial score (nSPS) is 10.4. The van der Waals surface area contributed by atoms with Crippen LogP contribution in [0, 0.1) is 0 Å². The number of aromatic nitrogens is 2. The van der Waals surface area contributed by atoms with Gasteiger partial charge in [-0.25, -0.2) is 14.8 Å². The predicted octanol–water partition coefficient (Wildman–Crippen LogP) is 1.48. The Morgan fingerprint density at radius 2 is 2.20 bits per heavy atom. The first-order valence-corrected chi connectivity index (χ1v) is 4.78. The van der Waals surface area contributed by atoms with E-state index >= 15 is 0 Å². The molecule has 82 valence electrons. The fourth-order valence-electron chi connectivity index (χ4n) is 1.16. The number of hydrogen-bond acceptors (Lipinski definition) is 5. The number of rotatable bonds is 3. The van der Waals surface area contributed by atoms with Gasteiger partial charge in [0.15, 0.2) is 11.4 Å². The van der Waals surface area contributed by atoms with Gasteiger partial charge < -0.3 is 9.84 Å². The number of hydrogen-bond donors (Lipinski definition) is 1. The molecule has 0 radical (unpaired) electrons. The number of nitrogens with zero attached hydrogens (tertiary/aromatic N) is 2. The molecule has 0 aromatic carbocycles. The molecule has 0 atom stereocenters. The van der Waals surface area contributed by atoms with Crippen LogP contribution in [0.2, 0.25) is 0 Å². The van der Waals surface area contributed by atoms with E-state index in [9.17, 15) is 9.90 Å². The van der Waals surface area contributed by atoms with E-state index in [1.165, 1.54) is 6.33 Å². The van der Waals surface area contributed by atoms with Crippen molar-refractivity contribution in [1.82, 2.24) is 9.97 Å². The molecule has 1 N–H and O–H groups in total. The van der Waals surface area contributed by atoms with Crippen LogP contribution >= 0.6 is 0 Å². The third-order valence-electron chi connectivity index (χ3n) is 1.87. The highest BCUT2D eigenvalue weighted by Gasteiger charge is 2.19. The summed E-state index contributed by atoms with van der Waals surface area (Å²) in [6.45, 7) is 5.69. The van der Waals surface area contributed by atoms with Crippen LogP contribution in [0.1, 0.15) is 42.9 Å². The van der Waals surface area contributed by atoms with Crippen LogP contribution in [0.3, 0.4) is 0 Å². The van der Waals surface area contributed by atoms with Crippen molar-refractivity contribution < 1.29 is 14.6 Å². The fourth-order valence-corrected chi connectivity index (χ4v) is 1.16. The first-order valence-electron chi connectivity index (χ1n) is 4.78. The van der Waals surface area contributed by atoms with Crippen molar-refractivity contribution in [3.8, 4) is 5.75 Å². The van der Waals surface area contributed by atoms with Crippen molar-refractivity contribution >= 4 is 5.97 Å². The Morgan fingerprint density at radius 1 is 1.53 bits per heavy atom. The van der Waals surface area contributed by atoms with Gasteiger partial charge in [-0.2, -0.15) is 0 Å². The molecule has 0 unspecified atom stereocenters. The number of aromatic hydroxyl groups is 1. The van der Waals surface area contributed by atoms with E-state index in [2.05, 4.69) is 9.97 Å². The van der Waals surface area contributed by atoms with Crippen LogP contribution in [-0.2, 0) is 4.74 Å². The van der Waals surface area contributed by atoms with Gasteiger partial charge in [-0.3, -0.25) is 0 Å². The quantitative estimate of drug-likeness (QED) is 0.765. The molecule has 0 aliphatic carbocycles. The molecule has 5 heteroatoms. The first kappa shape index (κ1) is 11.4. The minimum atomic E-state index is -0.626. The summed E-state index contributed by atoms with van der Waals surface area (Å²) < 4.78 is 4.75. The average Bonchev–Trinajstić information content (AvgIpc) is 2.17. The average molecular weight is 210 g/mol. The summed E-state index contributed by atoms with van der Waals surface area (Å²) >= 11 is 0. The van der Waals surface area contributed by atoms with Crippen LogP contribution in [0.5, 0.6) is 5.75 Å². The highest BCUT2D eigenvalue weighted by Crippen LogP contribution is 2.25. The molecule has 1 heterocycles. The molecule has 0 aliphatic heterocycles. The molecule has 0 amide bonds. The molecule has 1 aromatic heterocycles. The maximum absolute atomic E-state index is 11.4. The van der Waals surface area contributed by atoms with Gasteiger partial charge in [-0.1, -0.05) is 13.8 Å². The monoisotopic (exact) mass is 210 g/mol. The van der Waals surface area contributed by atoms with Crippen molar-refractivity contribution in [2.45, 2.75) is 26.7 Å². The lowest BCUT2D eigenvalue weighted by Gasteiger charge is -2.09. The van der Waals surface area contributed by atoms with Crippen molar-refractivity contribution in [2.24, 2.45) is 0 Å². The Morgan fingerprint density at radius 3 is 2.73 bits per heavy atom. The Balaban J connectivity index is 3.09. The van der Waals surface area contributed by atoms with Crippen LogP contribution in [0.4, 0.5) is 0 Å². The zero-order valence-electron chi connectivity index (χ0n) is 9.02. The van der Waals surface area contributed by atoms with Gasteiger partial charge in [0.05, 0.1) is 12.3 Å². The van der Waals surface area contributed by atoms with E-state index in [-0.39, 0.29) is 24.0 Å². The molecule has 15 heavy (non-hydrogen) atoms. The SMILES string of the molecule is CCOC(=O)c1ncnc(C(C)C)c1O. The van der Waals surface area contributed by atoms with E-state index in [1.54, 1.807) is 6.92 Å². The lowest BCUT2D eigenvalue weighted by atomic mass is 10.1. The van der Waals surface area contributed by atoms with Crippen molar-refractivity contribution in [2.75, 3.05) is 6.61 Å². The molecule has 0 fully saturated rings. The van der Waals surface area contributed by atoms with Gasteiger partial charge in [0.2, 0.25) is 0 Å². The van der Waals surface area contributed by atoms with Gasteiger partial charge in [-0.05, 0) is 12.8 Å². The van der Waals surface area contributed by atoms with Crippen LogP contribution in [-0.4, -0.2) is 27.7 Å². The molecule has 5 nitrogen and oxygen atoms in total. The molecule has 0 bridgehead atoms. The van der Waals surface area contributed by atoms with Crippen molar-refractivity contribution in [3.63, 3.8) is 0 Å². The second-order valence-corrected chi connectivity index (χ2v) is 3.33. The summed E-state index contributed by atoms with van der Waals surface area (Å²) in [7, 11) is 0. The Hall–Kier alpha value is -1.65. The summed E-state index contributed by atoms with van der Waals surface area (Å²) in [4.78, 5) is 19.0. The Bertz CT molecular complexity index is 364. The minimum absolute atomic E-state index is 0.0289. The van der Waals surface area contributed by atoms with Gasteiger partial charge in [0, 0.05) is 0 Å². The summed E-state index contributed by atoms with van der Waals surface area (Å²) in [6, 6.07) is 0.